The molecule has 1 unspecified atom stereocenters. The number of amides is 1. The molecule has 2 fully saturated rings. The predicted molar refractivity (Wildman–Crippen MR) is 68.8 cm³/mol. The number of rotatable bonds is 4. The van der Waals surface area contributed by atoms with Crippen molar-refractivity contribution in [2.45, 2.75) is 42.9 Å². The monoisotopic (exact) mass is 242 g/mol. The Bertz CT molecular complexity index is 264. The molecule has 16 heavy (non-hydrogen) atoms. The van der Waals surface area contributed by atoms with E-state index < -0.39 is 0 Å². The van der Waals surface area contributed by atoms with Crippen molar-refractivity contribution in [2.75, 3.05) is 26.4 Å². The van der Waals surface area contributed by atoms with Gasteiger partial charge in [0.05, 0.1) is 6.04 Å². The largest absolute Gasteiger partial charge is 0.340 e. The molecule has 1 N–H and O–H groups in total. The second-order valence-electron chi connectivity index (χ2n) is 4.98. The molecule has 3 nitrogen and oxygen atoms in total. The van der Waals surface area contributed by atoms with Gasteiger partial charge in [-0.3, -0.25) is 4.79 Å². The predicted octanol–water partition coefficient (Wildman–Crippen LogP) is 1.48. The van der Waals surface area contributed by atoms with Gasteiger partial charge in [-0.2, -0.15) is 11.8 Å². The van der Waals surface area contributed by atoms with Crippen LogP contribution in [0.15, 0.2) is 0 Å². The standard InChI is InChI=1S/C12H22N2OS/c1-13-10-5-8-14(11(10)15)9-12(16-2)6-3-4-7-12/h10,13H,3-9H2,1-2H3. The Morgan fingerprint density at radius 1 is 1.50 bits per heavy atom. The number of nitrogens with one attached hydrogen (secondary N) is 1. The zero-order chi connectivity index (χ0) is 11.6. The normalized spacial score (nSPS) is 29.0. The Hall–Kier alpha value is -0.220. The number of hydrogen-bond donors (Lipinski definition) is 1. The van der Waals surface area contributed by atoms with Gasteiger partial charge in [-0.1, -0.05) is 12.8 Å². The molecule has 0 spiro atoms. The second-order valence-corrected chi connectivity index (χ2v) is 6.26. The summed E-state index contributed by atoms with van der Waals surface area (Å²) in [7, 11) is 1.88. The Kier molecular flexibility index (Phi) is 3.80. The molecule has 1 atom stereocenters. The van der Waals surface area contributed by atoms with Crippen LogP contribution in [0.1, 0.15) is 32.1 Å². The first kappa shape index (κ1) is 12.2. The summed E-state index contributed by atoms with van der Waals surface area (Å²) in [5, 5.41) is 3.10. The van der Waals surface area contributed by atoms with Crippen LogP contribution in [0.25, 0.3) is 0 Å². The average molecular weight is 242 g/mol. The van der Waals surface area contributed by atoms with Crippen molar-refractivity contribution >= 4 is 17.7 Å². The summed E-state index contributed by atoms with van der Waals surface area (Å²) in [6.45, 7) is 1.90. The van der Waals surface area contributed by atoms with E-state index >= 15 is 0 Å². The van der Waals surface area contributed by atoms with Gasteiger partial charge in [-0.05, 0) is 32.6 Å². The molecule has 0 aromatic heterocycles. The summed E-state index contributed by atoms with van der Waals surface area (Å²) in [5.74, 6) is 0.308. The number of hydrogen-bond acceptors (Lipinski definition) is 3. The maximum atomic E-state index is 12.0. The highest BCUT2D eigenvalue weighted by Gasteiger charge is 2.39. The third-order valence-corrected chi connectivity index (χ3v) is 5.48. The third kappa shape index (κ3) is 2.23. The first-order chi connectivity index (χ1) is 7.71. The van der Waals surface area contributed by atoms with Crippen molar-refractivity contribution in [2.24, 2.45) is 0 Å². The van der Waals surface area contributed by atoms with E-state index in [0.717, 1.165) is 19.5 Å². The van der Waals surface area contributed by atoms with E-state index in [1.165, 1.54) is 25.7 Å². The Balaban J connectivity index is 1.97. The van der Waals surface area contributed by atoms with Gasteiger partial charge in [-0.25, -0.2) is 0 Å². The second kappa shape index (κ2) is 4.96. The smallest absolute Gasteiger partial charge is 0.239 e. The quantitative estimate of drug-likeness (QED) is 0.810. The van der Waals surface area contributed by atoms with E-state index in [1.807, 2.05) is 18.8 Å². The van der Waals surface area contributed by atoms with Gasteiger partial charge >= 0.3 is 0 Å². The van der Waals surface area contributed by atoms with E-state index in [-0.39, 0.29) is 6.04 Å². The highest BCUT2D eigenvalue weighted by molar-refractivity contribution is 8.00. The molecule has 2 aliphatic rings. The first-order valence-corrected chi connectivity index (χ1v) is 7.44. The number of likely N-dealkylation sites (N-methyl/N-ethyl adjacent to an activating group) is 1. The van der Waals surface area contributed by atoms with Gasteiger partial charge in [0.2, 0.25) is 5.91 Å². The molecule has 1 saturated carbocycles. The minimum atomic E-state index is 0.0697. The fourth-order valence-corrected chi connectivity index (χ4v) is 3.94. The molecule has 2 rings (SSSR count). The number of nitrogens with zero attached hydrogens (tertiary/aromatic N) is 1. The van der Waals surface area contributed by atoms with Gasteiger partial charge in [0, 0.05) is 17.8 Å². The molecule has 1 amide bonds. The fraction of sp³-hybridized carbons (Fsp3) is 0.917. The van der Waals surface area contributed by atoms with Crippen molar-refractivity contribution in [3.63, 3.8) is 0 Å². The lowest BCUT2D eigenvalue weighted by Crippen LogP contribution is -2.43. The molecule has 0 aromatic rings. The first-order valence-electron chi connectivity index (χ1n) is 6.22. The topological polar surface area (TPSA) is 32.3 Å². The third-order valence-electron chi connectivity index (χ3n) is 4.07. The SMILES string of the molecule is CNC1CCN(CC2(SC)CCCC2)C1=O. The molecule has 0 bridgehead atoms. The van der Waals surface area contributed by atoms with E-state index in [9.17, 15) is 4.79 Å². The van der Waals surface area contributed by atoms with Gasteiger partial charge in [0.1, 0.15) is 0 Å². The molecule has 0 radical (unpaired) electrons. The summed E-state index contributed by atoms with van der Waals surface area (Å²) >= 11 is 1.96. The minimum absolute atomic E-state index is 0.0697. The Labute approximate surface area is 102 Å². The summed E-state index contributed by atoms with van der Waals surface area (Å²) in [5.41, 5.74) is 0. The maximum absolute atomic E-state index is 12.0. The maximum Gasteiger partial charge on any atom is 0.239 e. The van der Waals surface area contributed by atoms with Crippen LogP contribution in [0.3, 0.4) is 0 Å². The number of carbonyl (C=O) groups is 1. The van der Waals surface area contributed by atoms with Crippen molar-refractivity contribution in [1.82, 2.24) is 10.2 Å². The zero-order valence-corrected chi connectivity index (χ0v) is 11.1. The fourth-order valence-electron chi connectivity index (χ4n) is 2.96. The van der Waals surface area contributed by atoms with E-state index in [4.69, 9.17) is 0 Å². The van der Waals surface area contributed by atoms with Gasteiger partial charge < -0.3 is 10.2 Å². The van der Waals surface area contributed by atoms with Crippen molar-refractivity contribution < 1.29 is 4.79 Å². The molecule has 1 aliphatic heterocycles. The summed E-state index contributed by atoms with van der Waals surface area (Å²) in [6, 6.07) is 0.0697. The van der Waals surface area contributed by atoms with Gasteiger partial charge in [0.15, 0.2) is 0 Å². The van der Waals surface area contributed by atoms with Crippen LogP contribution >= 0.6 is 11.8 Å². The van der Waals surface area contributed by atoms with Crippen LogP contribution in [0.4, 0.5) is 0 Å². The molecule has 4 heteroatoms. The summed E-state index contributed by atoms with van der Waals surface area (Å²) in [6.07, 6.45) is 8.39. The Morgan fingerprint density at radius 3 is 2.69 bits per heavy atom. The average Bonchev–Trinajstić information content (AvgIpc) is 2.89. The van der Waals surface area contributed by atoms with Crippen LogP contribution < -0.4 is 5.32 Å². The van der Waals surface area contributed by atoms with Crippen molar-refractivity contribution in [3.8, 4) is 0 Å². The lowest BCUT2D eigenvalue weighted by molar-refractivity contribution is -0.129. The number of likely N-dealkylation sites (tertiary alicyclic amines) is 1. The van der Waals surface area contributed by atoms with Gasteiger partial charge in [-0.15, -0.1) is 0 Å². The van der Waals surface area contributed by atoms with Crippen LogP contribution in [-0.2, 0) is 4.79 Å². The minimum Gasteiger partial charge on any atom is -0.340 e. The van der Waals surface area contributed by atoms with Crippen molar-refractivity contribution in [1.29, 1.82) is 0 Å². The van der Waals surface area contributed by atoms with Crippen LogP contribution in [0.5, 0.6) is 0 Å². The number of carbonyl (C=O) groups excluding carboxylic acids is 1. The summed E-state index contributed by atoms with van der Waals surface area (Å²) in [4.78, 5) is 14.1. The van der Waals surface area contributed by atoms with E-state index in [0.29, 0.717) is 10.7 Å². The van der Waals surface area contributed by atoms with E-state index in [2.05, 4.69) is 16.5 Å². The Morgan fingerprint density at radius 2 is 2.19 bits per heavy atom. The molecular weight excluding hydrogens is 220 g/mol. The molecule has 1 heterocycles. The molecule has 0 aromatic carbocycles. The van der Waals surface area contributed by atoms with Crippen LogP contribution in [-0.4, -0.2) is 48.0 Å². The van der Waals surface area contributed by atoms with Crippen molar-refractivity contribution in [3.05, 3.63) is 0 Å². The molecule has 1 saturated heterocycles. The van der Waals surface area contributed by atoms with Gasteiger partial charge in [0.25, 0.3) is 0 Å². The highest BCUT2D eigenvalue weighted by atomic mass is 32.2. The number of thioether (sulfide) groups is 1. The van der Waals surface area contributed by atoms with Crippen LogP contribution in [0.2, 0.25) is 0 Å². The highest BCUT2D eigenvalue weighted by Crippen LogP contribution is 2.41. The van der Waals surface area contributed by atoms with E-state index in [1.54, 1.807) is 0 Å². The van der Waals surface area contributed by atoms with Crippen LogP contribution in [0, 0.1) is 0 Å². The molecule has 92 valence electrons. The molecule has 1 aliphatic carbocycles. The summed E-state index contributed by atoms with van der Waals surface area (Å²) < 4.78 is 0.359. The molecular formula is C12H22N2OS. The zero-order valence-electron chi connectivity index (χ0n) is 10.3. The lowest BCUT2D eigenvalue weighted by Gasteiger charge is -2.32. The lowest BCUT2D eigenvalue weighted by atomic mass is 10.1.